The highest BCUT2D eigenvalue weighted by atomic mass is 35.5. The Bertz CT molecular complexity index is 3080. The molecule has 0 radical (unpaired) electrons. The molecular weight excluding hydrogens is 943 g/mol. The van der Waals surface area contributed by atoms with Gasteiger partial charge in [-0.2, -0.15) is 32.1 Å². The molecule has 1 saturated carbocycles. The summed E-state index contributed by atoms with van der Waals surface area (Å²) in [5, 5.41) is 10.3. The number of hydrogen-bond acceptors (Lipinski definition) is 9. The van der Waals surface area contributed by atoms with Crippen molar-refractivity contribution in [3.05, 3.63) is 93.0 Å². The van der Waals surface area contributed by atoms with Crippen molar-refractivity contribution < 1.29 is 57.1 Å². The third kappa shape index (κ3) is 8.74. The van der Waals surface area contributed by atoms with Gasteiger partial charge in [-0.15, -0.1) is 0 Å². The minimum atomic E-state index is -5.16. The van der Waals surface area contributed by atoms with E-state index in [1.54, 1.807) is 6.07 Å². The molecule has 352 valence electrons. The summed E-state index contributed by atoms with van der Waals surface area (Å²) in [6.45, 7) is 4.33. The Hall–Kier alpha value is -5.24. The zero-order valence-electron chi connectivity index (χ0n) is 35.7. The van der Waals surface area contributed by atoms with Gasteiger partial charge in [0.1, 0.15) is 34.3 Å². The summed E-state index contributed by atoms with van der Waals surface area (Å²) in [5.41, 5.74) is -2.92. The molecule has 3 atom stereocenters. The fraction of sp³-hybridized carbons (Fsp3) is 0.442. The van der Waals surface area contributed by atoms with E-state index in [9.17, 15) is 43.6 Å². The number of hydrogen-bond donors (Lipinski definition) is 2. The maximum Gasteiger partial charge on any atom is 0.435 e. The molecule has 0 bridgehead atoms. The number of nitrogens with zero attached hydrogens (tertiary/aromatic N) is 5. The van der Waals surface area contributed by atoms with Crippen molar-refractivity contribution in [2.24, 2.45) is 5.92 Å². The number of carbonyl (C=O) groups is 1. The van der Waals surface area contributed by atoms with E-state index in [0.29, 0.717) is 23.6 Å². The van der Waals surface area contributed by atoms with Crippen molar-refractivity contribution in [1.29, 1.82) is 0 Å². The van der Waals surface area contributed by atoms with Crippen molar-refractivity contribution >= 4 is 54.1 Å². The summed E-state index contributed by atoms with van der Waals surface area (Å²) in [7, 11) is -7.66. The van der Waals surface area contributed by atoms with Gasteiger partial charge < -0.3 is 10.1 Å². The van der Waals surface area contributed by atoms with Gasteiger partial charge in [0.25, 0.3) is 5.92 Å². The average molecular weight is 984 g/mol. The van der Waals surface area contributed by atoms with Crippen LogP contribution < -0.4 is 10.0 Å². The maximum absolute atomic E-state index is 15.8. The van der Waals surface area contributed by atoms with Crippen molar-refractivity contribution in [1.82, 2.24) is 29.9 Å². The molecule has 4 heterocycles. The summed E-state index contributed by atoms with van der Waals surface area (Å²) in [6.07, 6.45) is -3.77. The lowest BCUT2D eigenvalue weighted by Crippen LogP contribution is -2.35. The Morgan fingerprint density at radius 1 is 1.00 bits per heavy atom. The minimum Gasteiger partial charge on any atom is -0.377 e. The van der Waals surface area contributed by atoms with E-state index in [2.05, 4.69) is 32.1 Å². The molecule has 2 fully saturated rings. The van der Waals surface area contributed by atoms with E-state index < -0.39 is 113 Å². The standard InChI is InChI=1S/C43H41ClF7N7O6S2/c1-21-22(2)42(47,48)39-34(21)38(43(49,50)51)54-57(39)18-33(59)53-32(16-23-14-24(45)17-25(46)15-23)36-29(9-6-26(52-36)12-13-41(3,4)66(62,63)28-7-8-28)30-10-11-31(44)35-37(30)58(27-19-64-20-27)55-40(35)56-65(5,60)61/h6,9-11,14-15,17,21-22,27-28,32H,7-8,16,18-20H2,1-5H3,(H,53,59)(H,55,56)/t21-,22+,32-/m0/s1. The van der Waals surface area contributed by atoms with Crippen LogP contribution in [0, 0.1) is 29.4 Å². The first-order valence-electron chi connectivity index (χ1n) is 20.5. The van der Waals surface area contributed by atoms with E-state index >= 15 is 8.78 Å². The predicted octanol–water partition coefficient (Wildman–Crippen LogP) is 7.84. The first-order chi connectivity index (χ1) is 30.7. The summed E-state index contributed by atoms with van der Waals surface area (Å²) >= 11 is 6.73. The van der Waals surface area contributed by atoms with Gasteiger partial charge in [-0.25, -0.2) is 30.6 Å². The average Bonchev–Trinajstić information content (AvgIpc) is 3.85. The van der Waals surface area contributed by atoms with Gasteiger partial charge in [0.2, 0.25) is 15.9 Å². The number of fused-ring (bicyclic) bond motifs is 2. The topological polar surface area (TPSA) is 167 Å². The third-order valence-corrected chi connectivity index (χ3v) is 15.9. The monoisotopic (exact) mass is 983 g/mol. The number of rotatable bonds is 12. The van der Waals surface area contributed by atoms with Crippen molar-refractivity contribution in [3.8, 4) is 23.0 Å². The number of anilines is 1. The fourth-order valence-electron chi connectivity index (χ4n) is 8.37. The number of pyridine rings is 1. The molecule has 2 aromatic carbocycles. The molecule has 3 aliphatic rings. The summed E-state index contributed by atoms with van der Waals surface area (Å²) in [4.78, 5) is 19.0. The fourth-order valence-corrected chi connectivity index (χ4v) is 10.9. The van der Waals surface area contributed by atoms with Crippen LogP contribution in [0.3, 0.4) is 0 Å². The number of ether oxygens (including phenoxy) is 1. The summed E-state index contributed by atoms with van der Waals surface area (Å²) in [6, 6.07) is 6.51. The largest absolute Gasteiger partial charge is 0.435 e. The lowest BCUT2D eigenvalue weighted by atomic mass is 9.93. The molecule has 8 rings (SSSR count). The highest BCUT2D eigenvalue weighted by molar-refractivity contribution is 7.93. The first-order valence-corrected chi connectivity index (χ1v) is 24.3. The van der Waals surface area contributed by atoms with E-state index in [0.717, 1.165) is 25.3 Å². The smallest absolute Gasteiger partial charge is 0.377 e. The number of amides is 1. The normalized spacial score (nSPS) is 19.2. The third-order valence-electron chi connectivity index (χ3n) is 12.1. The second kappa shape index (κ2) is 16.5. The lowest BCUT2D eigenvalue weighted by Gasteiger charge is -2.28. The molecule has 66 heavy (non-hydrogen) atoms. The quantitative estimate of drug-likeness (QED) is 0.0936. The molecule has 23 heteroatoms. The molecule has 1 amide bonds. The predicted molar refractivity (Wildman–Crippen MR) is 229 cm³/mol. The molecule has 2 aliphatic carbocycles. The van der Waals surface area contributed by atoms with E-state index in [1.165, 1.54) is 43.7 Å². The summed E-state index contributed by atoms with van der Waals surface area (Å²) < 4.78 is 164. The van der Waals surface area contributed by atoms with Gasteiger partial charge in [0.15, 0.2) is 21.3 Å². The molecule has 2 N–H and O–H groups in total. The van der Waals surface area contributed by atoms with Crippen LogP contribution in [-0.2, 0) is 54.5 Å². The van der Waals surface area contributed by atoms with Gasteiger partial charge >= 0.3 is 6.18 Å². The second-order valence-electron chi connectivity index (χ2n) is 17.4. The van der Waals surface area contributed by atoms with E-state index in [1.807, 2.05) is 0 Å². The van der Waals surface area contributed by atoms with E-state index in [-0.39, 0.29) is 63.0 Å². The number of benzene rings is 2. The van der Waals surface area contributed by atoms with E-state index in [4.69, 9.17) is 21.3 Å². The SMILES string of the molecule is C[C@@H]1c2c(C(F)(F)F)nn(CC(=O)N[C@@H](Cc3cc(F)cc(F)c3)c3nc(C#CC(C)(C)S(=O)(=O)C4CC4)ccc3-c3ccc(Cl)c4c(NS(C)(=O)=O)nn(C5COC5)c34)c2C(F)(F)[C@@H]1C. The second-order valence-corrected chi connectivity index (χ2v) is 22.3. The Labute approximate surface area is 379 Å². The molecule has 1 aliphatic heterocycles. The first kappa shape index (κ1) is 47.3. The maximum atomic E-state index is 15.8. The molecule has 1 saturated heterocycles. The Kier molecular flexibility index (Phi) is 11.8. The van der Waals surface area contributed by atoms with Gasteiger partial charge in [0, 0.05) is 28.7 Å². The number of carbonyl (C=O) groups excluding carboxylic acids is 1. The zero-order chi connectivity index (χ0) is 48.1. The van der Waals surface area contributed by atoms with Crippen molar-refractivity contribution in [2.75, 3.05) is 24.2 Å². The highest BCUT2D eigenvalue weighted by Gasteiger charge is 2.57. The minimum absolute atomic E-state index is 0.0506. The number of nitrogens with one attached hydrogen (secondary N) is 2. The molecule has 5 aromatic rings. The lowest BCUT2D eigenvalue weighted by molar-refractivity contribution is -0.143. The molecule has 0 unspecified atom stereocenters. The Balaban J connectivity index is 1.33. The number of sulfonamides is 1. The Morgan fingerprint density at radius 3 is 2.24 bits per heavy atom. The molecule has 0 spiro atoms. The Morgan fingerprint density at radius 2 is 1.65 bits per heavy atom. The van der Waals surface area contributed by atoms with Crippen LogP contribution >= 0.6 is 11.6 Å². The molecule has 13 nitrogen and oxygen atoms in total. The van der Waals surface area contributed by atoms with Crippen LogP contribution in [0.25, 0.3) is 22.0 Å². The van der Waals surface area contributed by atoms with Crippen LogP contribution in [0.2, 0.25) is 5.02 Å². The van der Waals surface area contributed by atoms with Gasteiger partial charge in [-0.1, -0.05) is 37.4 Å². The van der Waals surface area contributed by atoms with Crippen LogP contribution in [-0.4, -0.2) is 76.8 Å². The van der Waals surface area contributed by atoms with Crippen LogP contribution in [0.15, 0.2) is 42.5 Å². The number of aromatic nitrogens is 5. The van der Waals surface area contributed by atoms with Gasteiger partial charge in [0.05, 0.1) is 58.4 Å². The van der Waals surface area contributed by atoms with Gasteiger partial charge in [-0.05, 0) is 80.8 Å². The number of halogens is 8. The number of alkyl halides is 5. The highest BCUT2D eigenvalue weighted by Crippen LogP contribution is 2.55. The molecule has 3 aromatic heterocycles. The molecular formula is C43H41ClF7N7O6S2. The van der Waals surface area contributed by atoms with Gasteiger partial charge in [-0.3, -0.25) is 18.9 Å². The summed E-state index contributed by atoms with van der Waals surface area (Å²) in [5.74, 6) is -4.42. The van der Waals surface area contributed by atoms with Crippen molar-refractivity contribution in [2.45, 2.75) is 93.6 Å². The van der Waals surface area contributed by atoms with Crippen LogP contribution in [0.4, 0.5) is 36.6 Å². The zero-order valence-corrected chi connectivity index (χ0v) is 38.1. The number of sulfone groups is 1. The van der Waals surface area contributed by atoms with Crippen molar-refractivity contribution in [3.63, 3.8) is 0 Å². The van der Waals surface area contributed by atoms with Crippen LogP contribution in [0.1, 0.15) is 92.4 Å². The van der Waals surface area contributed by atoms with Crippen LogP contribution in [0.5, 0.6) is 0 Å².